The molecule has 1 aliphatic rings. The van der Waals surface area contributed by atoms with Crippen LogP contribution in [0.15, 0.2) is 18.2 Å². The van der Waals surface area contributed by atoms with E-state index in [4.69, 9.17) is 4.74 Å². The van der Waals surface area contributed by atoms with E-state index in [1.54, 1.807) is 12.1 Å². The Morgan fingerprint density at radius 1 is 1.42 bits per heavy atom. The van der Waals surface area contributed by atoms with Crippen LogP contribution < -0.4 is 5.32 Å². The molecule has 0 heterocycles. The van der Waals surface area contributed by atoms with Gasteiger partial charge in [-0.2, -0.15) is 0 Å². The van der Waals surface area contributed by atoms with Crippen LogP contribution in [0.5, 0.6) is 5.75 Å². The summed E-state index contributed by atoms with van der Waals surface area (Å²) >= 11 is 2.02. The van der Waals surface area contributed by atoms with E-state index in [0.29, 0.717) is 24.8 Å². The van der Waals surface area contributed by atoms with Gasteiger partial charge in [-0.25, -0.2) is 0 Å². The number of nitrogens with one attached hydrogen (secondary N) is 1. The van der Waals surface area contributed by atoms with Crippen molar-refractivity contribution >= 4 is 28.5 Å². The maximum absolute atomic E-state index is 11.8. The number of carbonyl (C=O) groups is 1. The Hall–Kier alpha value is -0.820. The summed E-state index contributed by atoms with van der Waals surface area (Å²) in [4.78, 5) is 11.8. The van der Waals surface area contributed by atoms with Crippen molar-refractivity contribution in [1.82, 2.24) is 5.32 Å². The molecule has 2 rings (SSSR count). The van der Waals surface area contributed by atoms with Gasteiger partial charge in [0.2, 0.25) is 0 Å². The highest BCUT2D eigenvalue weighted by molar-refractivity contribution is 14.1. The largest absolute Gasteiger partial charge is 0.507 e. The van der Waals surface area contributed by atoms with Crippen LogP contribution in [-0.4, -0.2) is 30.3 Å². The highest BCUT2D eigenvalue weighted by Gasteiger charge is 2.15. The molecule has 1 aromatic carbocycles. The number of benzene rings is 1. The van der Waals surface area contributed by atoms with E-state index >= 15 is 0 Å². The number of phenols is 1. The molecule has 19 heavy (non-hydrogen) atoms. The Morgan fingerprint density at radius 3 is 2.84 bits per heavy atom. The Labute approximate surface area is 126 Å². The summed E-state index contributed by atoms with van der Waals surface area (Å²) in [6.07, 6.45) is 5.15. The third kappa shape index (κ3) is 4.35. The number of rotatable bonds is 5. The maximum atomic E-state index is 11.8. The molecule has 1 aromatic rings. The minimum absolute atomic E-state index is 0.135. The molecule has 0 unspecified atom stereocenters. The molecule has 1 fully saturated rings. The minimum atomic E-state index is -0.179. The summed E-state index contributed by atoms with van der Waals surface area (Å²) in [5.74, 6) is -0.0443. The van der Waals surface area contributed by atoms with E-state index in [9.17, 15) is 9.90 Å². The van der Waals surface area contributed by atoms with E-state index < -0.39 is 0 Å². The molecule has 1 aliphatic carbocycles. The van der Waals surface area contributed by atoms with Gasteiger partial charge in [0.1, 0.15) is 5.75 Å². The molecule has 0 spiro atoms. The third-order valence-electron chi connectivity index (χ3n) is 3.25. The average molecular weight is 375 g/mol. The summed E-state index contributed by atoms with van der Waals surface area (Å²) in [5.41, 5.74) is 0.471. The van der Waals surface area contributed by atoms with Gasteiger partial charge < -0.3 is 15.2 Å². The molecular formula is C14H18INO3. The number of phenolic OH excluding ortho intramolecular Hbond substituents is 1. The zero-order chi connectivity index (χ0) is 13.7. The molecule has 104 valence electrons. The van der Waals surface area contributed by atoms with Crippen molar-refractivity contribution in [3.05, 3.63) is 27.3 Å². The predicted octanol–water partition coefficient (Wildman–Crippen LogP) is 2.69. The van der Waals surface area contributed by atoms with Crippen molar-refractivity contribution in [3.8, 4) is 5.75 Å². The van der Waals surface area contributed by atoms with Gasteiger partial charge in [-0.3, -0.25) is 4.79 Å². The first-order valence-corrected chi connectivity index (χ1v) is 7.63. The van der Waals surface area contributed by atoms with E-state index in [-0.39, 0.29) is 11.7 Å². The SMILES string of the molecule is O=C(NCCOC1CCCC1)c1ccc(I)c(O)c1. The Morgan fingerprint density at radius 2 is 2.16 bits per heavy atom. The molecule has 0 aromatic heterocycles. The van der Waals surface area contributed by atoms with E-state index in [2.05, 4.69) is 5.32 Å². The lowest BCUT2D eigenvalue weighted by molar-refractivity contribution is 0.0582. The first-order valence-electron chi connectivity index (χ1n) is 6.55. The predicted molar refractivity (Wildman–Crippen MR) is 81.4 cm³/mol. The number of hydrogen-bond donors (Lipinski definition) is 2. The van der Waals surface area contributed by atoms with Gasteiger partial charge in [0.15, 0.2) is 0 Å². The quantitative estimate of drug-likeness (QED) is 0.615. The standard InChI is InChI=1S/C14H18INO3/c15-12-6-5-10(9-13(12)17)14(18)16-7-8-19-11-3-1-2-4-11/h5-6,9,11,17H,1-4,7-8H2,(H,16,18). The maximum Gasteiger partial charge on any atom is 0.251 e. The van der Waals surface area contributed by atoms with Gasteiger partial charge in [-0.1, -0.05) is 12.8 Å². The molecule has 0 bridgehead atoms. The number of aromatic hydroxyl groups is 1. The second-order valence-corrected chi connectivity index (χ2v) is 5.86. The van der Waals surface area contributed by atoms with Crippen LogP contribution >= 0.6 is 22.6 Å². The molecule has 0 radical (unpaired) electrons. The zero-order valence-electron chi connectivity index (χ0n) is 10.7. The topological polar surface area (TPSA) is 58.6 Å². The fourth-order valence-corrected chi connectivity index (χ4v) is 2.54. The van der Waals surface area contributed by atoms with Gasteiger partial charge in [-0.15, -0.1) is 0 Å². The molecule has 0 saturated heterocycles. The van der Waals surface area contributed by atoms with Crippen molar-refractivity contribution in [2.24, 2.45) is 0 Å². The third-order valence-corrected chi connectivity index (χ3v) is 4.16. The van der Waals surface area contributed by atoms with E-state index in [1.807, 2.05) is 22.6 Å². The van der Waals surface area contributed by atoms with Gasteiger partial charge >= 0.3 is 0 Å². The molecule has 0 aliphatic heterocycles. The van der Waals surface area contributed by atoms with E-state index in [1.165, 1.54) is 18.9 Å². The smallest absolute Gasteiger partial charge is 0.251 e. The van der Waals surface area contributed by atoms with Gasteiger partial charge in [0.05, 0.1) is 16.3 Å². The van der Waals surface area contributed by atoms with Crippen LogP contribution in [0.3, 0.4) is 0 Å². The second kappa shape index (κ2) is 7.09. The fourth-order valence-electron chi connectivity index (χ4n) is 2.20. The first kappa shape index (κ1) is 14.6. The Kier molecular flexibility index (Phi) is 5.45. The van der Waals surface area contributed by atoms with Crippen LogP contribution in [0.25, 0.3) is 0 Å². The summed E-state index contributed by atoms with van der Waals surface area (Å²) < 4.78 is 6.40. The zero-order valence-corrected chi connectivity index (χ0v) is 12.9. The normalized spacial score (nSPS) is 15.6. The van der Waals surface area contributed by atoms with Crippen LogP contribution in [0.1, 0.15) is 36.0 Å². The van der Waals surface area contributed by atoms with Crippen molar-refractivity contribution in [2.75, 3.05) is 13.2 Å². The van der Waals surface area contributed by atoms with Crippen LogP contribution in [0, 0.1) is 3.57 Å². The summed E-state index contributed by atoms with van der Waals surface area (Å²) in [6.45, 7) is 1.05. The molecule has 5 heteroatoms. The van der Waals surface area contributed by atoms with Crippen LogP contribution in [0.4, 0.5) is 0 Å². The summed E-state index contributed by atoms with van der Waals surface area (Å²) in [6, 6.07) is 4.91. The molecule has 4 nitrogen and oxygen atoms in total. The van der Waals surface area contributed by atoms with Crippen molar-refractivity contribution in [1.29, 1.82) is 0 Å². The lowest BCUT2D eigenvalue weighted by Gasteiger charge is -2.11. The van der Waals surface area contributed by atoms with Crippen molar-refractivity contribution < 1.29 is 14.6 Å². The van der Waals surface area contributed by atoms with Crippen molar-refractivity contribution in [2.45, 2.75) is 31.8 Å². The monoisotopic (exact) mass is 375 g/mol. The number of carbonyl (C=O) groups excluding carboxylic acids is 1. The molecule has 2 N–H and O–H groups in total. The number of hydrogen-bond acceptors (Lipinski definition) is 3. The highest BCUT2D eigenvalue weighted by Crippen LogP contribution is 2.21. The second-order valence-electron chi connectivity index (χ2n) is 4.70. The lowest BCUT2D eigenvalue weighted by Crippen LogP contribution is -2.28. The lowest BCUT2D eigenvalue weighted by atomic mass is 10.2. The van der Waals surface area contributed by atoms with Crippen molar-refractivity contribution in [3.63, 3.8) is 0 Å². The summed E-state index contributed by atoms with van der Waals surface area (Å²) in [5, 5.41) is 12.3. The van der Waals surface area contributed by atoms with Gasteiger partial charge in [0, 0.05) is 12.1 Å². The molecular weight excluding hydrogens is 357 g/mol. The Bertz CT molecular complexity index is 444. The number of halogens is 1. The van der Waals surface area contributed by atoms with Crippen LogP contribution in [-0.2, 0) is 4.74 Å². The van der Waals surface area contributed by atoms with Gasteiger partial charge in [0.25, 0.3) is 5.91 Å². The van der Waals surface area contributed by atoms with Crippen LogP contribution in [0.2, 0.25) is 0 Å². The fraction of sp³-hybridized carbons (Fsp3) is 0.500. The number of ether oxygens (including phenoxy) is 1. The average Bonchev–Trinajstić information content (AvgIpc) is 2.91. The van der Waals surface area contributed by atoms with E-state index in [0.717, 1.165) is 16.4 Å². The minimum Gasteiger partial charge on any atom is -0.507 e. The first-order chi connectivity index (χ1) is 9.16. The Balaban J connectivity index is 1.72. The molecule has 1 saturated carbocycles. The molecule has 1 amide bonds. The van der Waals surface area contributed by atoms with Gasteiger partial charge in [-0.05, 0) is 53.6 Å². The molecule has 0 atom stereocenters. The summed E-state index contributed by atoms with van der Waals surface area (Å²) in [7, 11) is 0. The number of amides is 1. The highest BCUT2D eigenvalue weighted by atomic mass is 127.